The first-order valence-electron chi connectivity index (χ1n) is 9.11. The minimum absolute atomic E-state index is 0.209. The monoisotopic (exact) mass is 383 g/mol. The predicted octanol–water partition coefficient (Wildman–Crippen LogP) is 4.22. The maximum Gasteiger partial charge on any atom is 0.250 e. The summed E-state index contributed by atoms with van der Waals surface area (Å²) < 4.78 is 10.8. The molecule has 0 spiro atoms. The SMILES string of the molecule is O=C(CCSc1ccccc1)N1CCC(c2nnc(-c3ccoc3)o2)CC1. The van der Waals surface area contributed by atoms with Gasteiger partial charge in [-0.2, -0.15) is 0 Å². The lowest BCUT2D eigenvalue weighted by molar-refractivity contribution is -0.131. The third kappa shape index (κ3) is 4.42. The second-order valence-electron chi connectivity index (χ2n) is 6.52. The van der Waals surface area contributed by atoms with Crippen molar-refractivity contribution in [2.45, 2.75) is 30.1 Å². The number of thioether (sulfide) groups is 1. The van der Waals surface area contributed by atoms with Gasteiger partial charge in [0.1, 0.15) is 6.26 Å². The first-order valence-corrected chi connectivity index (χ1v) is 10.1. The quantitative estimate of drug-likeness (QED) is 0.594. The summed E-state index contributed by atoms with van der Waals surface area (Å²) in [5, 5.41) is 8.28. The van der Waals surface area contributed by atoms with Gasteiger partial charge in [-0.1, -0.05) is 18.2 Å². The molecular formula is C20H21N3O3S. The number of hydrogen-bond acceptors (Lipinski definition) is 6. The molecule has 4 rings (SSSR count). The van der Waals surface area contributed by atoms with Crippen molar-refractivity contribution in [3.63, 3.8) is 0 Å². The molecule has 0 radical (unpaired) electrons. The van der Waals surface area contributed by atoms with Gasteiger partial charge in [0, 0.05) is 36.1 Å². The summed E-state index contributed by atoms with van der Waals surface area (Å²) in [6, 6.07) is 12.0. The van der Waals surface area contributed by atoms with Crippen LogP contribution in [0.4, 0.5) is 0 Å². The molecule has 6 nitrogen and oxygen atoms in total. The summed E-state index contributed by atoms with van der Waals surface area (Å²) in [5.41, 5.74) is 0.789. The zero-order chi connectivity index (χ0) is 18.5. The molecule has 1 aliphatic heterocycles. The Balaban J connectivity index is 1.24. The number of carbonyl (C=O) groups excluding carboxylic acids is 1. The van der Waals surface area contributed by atoms with Crippen molar-refractivity contribution >= 4 is 17.7 Å². The van der Waals surface area contributed by atoms with E-state index in [4.69, 9.17) is 8.83 Å². The Hall–Kier alpha value is -2.54. The second-order valence-corrected chi connectivity index (χ2v) is 7.69. The normalized spacial score (nSPS) is 15.2. The molecule has 2 aromatic heterocycles. The van der Waals surface area contributed by atoms with Crippen molar-refractivity contribution in [2.75, 3.05) is 18.8 Å². The fraction of sp³-hybridized carbons (Fsp3) is 0.350. The molecule has 27 heavy (non-hydrogen) atoms. The van der Waals surface area contributed by atoms with E-state index >= 15 is 0 Å². The molecule has 0 atom stereocenters. The summed E-state index contributed by atoms with van der Waals surface area (Å²) in [7, 11) is 0. The van der Waals surface area contributed by atoms with Crippen molar-refractivity contribution in [1.82, 2.24) is 15.1 Å². The maximum absolute atomic E-state index is 12.4. The van der Waals surface area contributed by atoms with Crippen LogP contribution in [0.5, 0.6) is 0 Å². The molecule has 3 heterocycles. The number of aromatic nitrogens is 2. The molecule has 0 bridgehead atoms. The van der Waals surface area contributed by atoms with Crippen LogP contribution in [0.2, 0.25) is 0 Å². The number of furan rings is 1. The minimum Gasteiger partial charge on any atom is -0.472 e. The predicted molar refractivity (Wildman–Crippen MR) is 102 cm³/mol. The van der Waals surface area contributed by atoms with Gasteiger partial charge in [0.2, 0.25) is 11.8 Å². The van der Waals surface area contributed by atoms with Crippen molar-refractivity contribution in [3.05, 3.63) is 54.8 Å². The van der Waals surface area contributed by atoms with Crippen molar-refractivity contribution in [1.29, 1.82) is 0 Å². The van der Waals surface area contributed by atoms with E-state index in [0.717, 1.165) is 37.2 Å². The number of piperidine rings is 1. The lowest BCUT2D eigenvalue weighted by Gasteiger charge is -2.30. The smallest absolute Gasteiger partial charge is 0.250 e. The van der Waals surface area contributed by atoms with Crippen molar-refractivity contribution in [2.24, 2.45) is 0 Å². The van der Waals surface area contributed by atoms with Crippen LogP contribution >= 0.6 is 11.8 Å². The van der Waals surface area contributed by atoms with Crippen LogP contribution in [0, 0.1) is 0 Å². The topological polar surface area (TPSA) is 72.4 Å². The van der Waals surface area contributed by atoms with Crippen LogP contribution in [-0.2, 0) is 4.79 Å². The molecule has 0 saturated carbocycles. The summed E-state index contributed by atoms with van der Waals surface area (Å²) in [4.78, 5) is 15.6. The van der Waals surface area contributed by atoms with Gasteiger partial charge in [-0.25, -0.2) is 0 Å². The molecule has 7 heteroatoms. The lowest BCUT2D eigenvalue weighted by Crippen LogP contribution is -2.38. The largest absolute Gasteiger partial charge is 0.472 e. The van der Waals surface area contributed by atoms with Crippen molar-refractivity contribution in [3.8, 4) is 11.5 Å². The van der Waals surface area contributed by atoms with Gasteiger partial charge in [-0.3, -0.25) is 4.79 Å². The van der Waals surface area contributed by atoms with Crippen LogP contribution in [0.1, 0.15) is 31.1 Å². The van der Waals surface area contributed by atoms with Gasteiger partial charge in [-0.15, -0.1) is 22.0 Å². The molecule has 1 aliphatic rings. The standard InChI is InChI=1S/C20H21N3O3S/c24-18(9-13-27-17-4-2-1-3-5-17)23-10-6-15(7-11-23)19-21-22-20(26-19)16-8-12-25-14-16/h1-5,8,12,14-15H,6-7,9-11,13H2. The van der Waals surface area contributed by atoms with E-state index in [-0.39, 0.29) is 11.8 Å². The number of amides is 1. The molecule has 0 N–H and O–H groups in total. The molecule has 1 amide bonds. The number of likely N-dealkylation sites (tertiary alicyclic amines) is 1. The van der Waals surface area contributed by atoms with E-state index in [1.54, 1.807) is 30.4 Å². The fourth-order valence-electron chi connectivity index (χ4n) is 3.21. The average molecular weight is 383 g/mol. The first kappa shape index (κ1) is 17.9. The Morgan fingerprint density at radius 3 is 2.70 bits per heavy atom. The van der Waals surface area contributed by atoms with Crippen LogP contribution in [0.25, 0.3) is 11.5 Å². The summed E-state index contributed by atoms with van der Waals surface area (Å²) in [6.45, 7) is 1.48. The minimum atomic E-state index is 0.209. The number of nitrogens with zero attached hydrogens (tertiary/aromatic N) is 3. The Morgan fingerprint density at radius 2 is 1.96 bits per heavy atom. The molecule has 1 saturated heterocycles. The highest BCUT2D eigenvalue weighted by atomic mass is 32.2. The van der Waals surface area contributed by atoms with Gasteiger partial charge >= 0.3 is 0 Å². The van der Waals surface area contributed by atoms with Gasteiger partial charge in [0.15, 0.2) is 0 Å². The Labute approximate surface area is 162 Å². The molecule has 1 fully saturated rings. The third-order valence-corrected chi connectivity index (χ3v) is 5.75. The van der Waals surface area contributed by atoms with E-state index in [2.05, 4.69) is 22.3 Å². The number of benzene rings is 1. The van der Waals surface area contributed by atoms with Gasteiger partial charge in [-0.05, 0) is 31.0 Å². The molecule has 3 aromatic rings. The van der Waals surface area contributed by atoms with Crippen LogP contribution in [-0.4, -0.2) is 39.8 Å². The second kappa shape index (κ2) is 8.43. The molecule has 140 valence electrons. The zero-order valence-corrected chi connectivity index (χ0v) is 15.7. The lowest BCUT2D eigenvalue weighted by atomic mass is 9.96. The van der Waals surface area contributed by atoms with E-state index in [1.807, 2.05) is 23.1 Å². The Morgan fingerprint density at radius 1 is 1.15 bits per heavy atom. The zero-order valence-electron chi connectivity index (χ0n) is 14.9. The number of carbonyl (C=O) groups is 1. The van der Waals surface area contributed by atoms with Crippen LogP contribution < -0.4 is 0 Å². The summed E-state index contributed by atoms with van der Waals surface area (Å²) >= 11 is 1.72. The Bertz CT molecular complexity index is 856. The number of rotatable bonds is 6. The summed E-state index contributed by atoms with van der Waals surface area (Å²) in [6.07, 6.45) is 5.44. The highest BCUT2D eigenvalue weighted by molar-refractivity contribution is 7.99. The van der Waals surface area contributed by atoms with Crippen molar-refractivity contribution < 1.29 is 13.6 Å². The van der Waals surface area contributed by atoms with Gasteiger partial charge in [0.05, 0.1) is 11.8 Å². The third-order valence-electron chi connectivity index (χ3n) is 4.73. The first-order chi connectivity index (χ1) is 13.3. The van der Waals surface area contributed by atoms with Crippen LogP contribution in [0.3, 0.4) is 0 Å². The van der Waals surface area contributed by atoms with E-state index in [9.17, 15) is 4.79 Å². The molecule has 0 unspecified atom stereocenters. The Kier molecular flexibility index (Phi) is 5.58. The molecule has 0 aliphatic carbocycles. The average Bonchev–Trinajstić information content (AvgIpc) is 3.41. The van der Waals surface area contributed by atoms with E-state index in [0.29, 0.717) is 18.2 Å². The maximum atomic E-state index is 12.4. The van der Waals surface area contributed by atoms with Crippen LogP contribution in [0.15, 0.2) is 62.7 Å². The van der Waals surface area contributed by atoms with E-state index < -0.39 is 0 Å². The molecular weight excluding hydrogens is 362 g/mol. The van der Waals surface area contributed by atoms with Gasteiger partial charge < -0.3 is 13.7 Å². The number of hydrogen-bond donors (Lipinski definition) is 0. The van der Waals surface area contributed by atoms with E-state index in [1.165, 1.54) is 4.90 Å². The fourth-order valence-corrected chi connectivity index (χ4v) is 4.07. The highest BCUT2D eigenvalue weighted by Gasteiger charge is 2.27. The van der Waals surface area contributed by atoms with Gasteiger partial charge in [0.25, 0.3) is 5.89 Å². The highest BCUT2D eigenvalue weighted by Crippen LogP contribution is 2.30. The summed E-state index contributed by atoms with van der Waals surface area (Å²) in [5.74, 6) is 2.37. The molecule has 1 aromatic carbocycles.